The number of thioether (sulfide) groups is 1. The maximum atomic E-state index is 4.65. The van der Waals surface area contributed by atoms with Crippen LogP contribution in [0.15, 0.2) is 4.34 Å². The molecule has 74 valence electrons. The summed E-state index contributed by atoms with van der Waals surface area (Å²) in [5.74, 6) is 0. The van der Waals surface area contributed by atoms with Gasteiger partial charge in [0.25, 0.3) is 0 Å². The summed E-state index contributed by atoms with van der Waals surface area (Å²) < 4.78 is 1.20. The van der Waals surface area contributed by atoms with Gasteiger partial charge in [-0.05, 0) is 12.7 Å². The van der Waals surface area contributed by atoms with Crippen molar-refractivity contribution in [1.29, 1.82) is 0 Å². The highest BCUT2D eigenvalue weighted by atomic mass is 32.2. The molecule has 1 heterocycles. The first-order valence-electron chi connectivity index (χ1n) is 4.53. The summed E-state index contributed by atoms with van der Waals surface area (Å²) in [6.45, 7) is 8.88. The maximum absolute atomic E-state index is 4.65. The molecule has 3 heteroatoms. The van der Waals surface area contributed by atoms with E-state index in [9.17, 15) is 0 Å². The summed E-state index contributed by atoms with van der Waals surface area (Å²) in [5.41, 5.74) is 1.47. The minimum Gasteiger partial charge on any atom is -0.234 e. The lowest BCUT2D eigenvalue weighted by Gasteiger charge is -2.16. The molecule has 13 heavy (non-hydrogen) atoms. The third kappa shape index (κ3) is 2.47. The second kappa shape index (κ2) is 4.01. The van der Waals surface area contributed by atoms with Crippen LogP contribution in [0.3, 0.4) is 0 Å². The van der Waals surface area contributed by atoms with E-state index in [1.807, 2.05) is 11.3 Å². The van der Waals surface area contributed by atoms with E-state index in [4.69, 9.17) is 0 Å². The van der Waals surface area contributed by atoms with Crippen LogP contribution in [0.1, 0.15) is 38.3 Å². The van der Waals surface area contributed by atoms with Crippen LogP contribution in [-0.2, 0) is 11.8 Å². The van der Waals surface area contributed by atoms with Crippen molar-refractivity contribution in [3.8, 4) is 0 Å². The second-order valence-corrected chi connectivity index (χ2v) is 6.20. The molecule has 0 N–H and O–H groups in total. The average Bonchev–Trinajstić information content (AvgIpc) is 2.46. The molecule has 0 unspecified atom stereocenters. The summed E-state index contributed by atoms with van der Waals surface area (Å²) in [6.07, 6.45) is 3.19. The summed E-state index contributed by atoms with van der Waals surface area (Å²) in [5, 5.41) is 0. The lowest BCUT2D eigenvalue weighted by molar-refractivity contribution is 0.563. The highest BCUT2D eigenvalue weighted by Crippen LogP contribution is 2.33. The van der Waals surface area contributed by atoms with Gasteiger partial charge in [0, 0.05) is 10.3 Å². The molecule has 0 aliphatic carbocycles. The van der Waals surface area contributed by atoms with Gasteiger partial charge in [-0.2, -0.15) is 0 Å². The van der Waals surface area contributed by atoms with Gasteiger partial charge in [-0.25, -0.2) is 4.98 Å². The van der Waals surface area contributed by atoms with Crippen molar-refractivity contribution in [3.63, 3.8) is 0 Å². The summed E-state index contributed by atoms with van der Waals surface area (Å²) in [4.78, 5) is 6.09. The number of rotatable bonds is 2. The van der Waals surface area contributed by atoms with Crippen LogP contribution in [-0.4, -0.2) is 11.2 Å². The Morgan fingerprint density at radius 2 is 2.00 bits per heavy atom. The van der Waals surface area contributed by atoms with Gasteiger partial charge in [-0.15, -0.1) is 11.3 Å². The van der Waals surface area contributed by atoms with Crippen molar-refractivity contribution >= 4 is 23.1 Å². The predicted octanol–water partition coefficient (Wildman–Crippen LogP) is 3.72. The lowest BCUT2D eigenvalue weighted by atomic mass is 9.91. The molecule has 0 saturated carbocycles. The van der Waals surface area contributed by atoms with Crippen molar-refractivity contribution in [3.05, 3.63) is 10.6 Å². The SMILES string of the molecule is CCc1sc(SC)nc1C(C)(C)C. The molecule has 0 aliphatic rings. The zero-order chi connectivity index (χ0) is 10.1. The van der Waals surface area contributed by atoms with E-state index in [1.165, 1.54) is 14.9 Å². The van der Waals surface area contributed by atoms with Gasteiger partial charge in [0.2, 0.25) is 0 Å². The molecule has 0 amide bonds. The van der Waals surface area contributed by atoms with Gasteiger partial charge in [0.1, 0.15) is 4.34 Å². The Bertz CT molecular complexity index is 284. The second-order valence-electron chi connectivity index (χ2n) is 4.06. The Balaban J connectivity index is 3.11. The van der Waals surface area contributed by atoms with Crippen LogP contribution in [0.25, 0.3) is 0 Å². The average molecular weight is 215 g/mol. The molecule has 0 atom stereocenters. The van der Waals surface area contributed by atoms with E-state index in [2.05, 4.69) is 38.9 Å². The Morgan fingerprint density at radius 3 is 2.31 bits per heavy atom. The van der Waals surface area contributed by atoms with E-state index < -0.39 is 0 Å². The fourth-order valence-corrected chi connectivity index (χ4v) is 3.00. The fraction of sp³-hybridized carbons (Fsp3) is 0.700. The molecular weight excluding hydrogens is 198 g/mol. The molecule has 0 spiro atoms. The van der Waals surface area contributed by atoms with E-state index in [0.717, 1.165) is 6.42 Å². The van der Waals surface area contributed by atoms with Crippen LogP contribution in [0.2, 0.25) is 0 Å². The molecule has 0 aromatic carbocycles. The quantitative estimate of drug-likeness (QED) is 0.697. The molecule has 1 aromatic heterocycles. The van der Waals surface area contributed by atoms with Gasteiger partial charge in [0.05, 0.1) is 5.69 Å². The normalized spacial score (nSPS) is 12.1. The Morgan fingerprint density at radius 1 is 1.38 bits per heavy atom. The summed E-state index contributed by atoms with van der Waals surface area (Å²) >= 11 is 3.58. The molecule has 0 saturated heterocycles. The van der Waals surface area contributed by atoms with E-state index in [-0.39, 0.29) is 5.41 Å². The molecular formula is C10H17NS2. The van der Waals surface area contributed by atoms with Crippen molar-refractivity contribution < 1.29 is 0 Å². The van der Waals surface area contributed by atoms with Gasteiger partial charge in [-0.3, -0.25) is 0 Å². The van der Waals surface area contributed by atoms with Gasteiger partial charge in [-0.1, -0.05) is 39.5 Å². The molecule has 0 fully saturated rings. The summed E-state index contributed by atoms with van der Waals surface area (Å²) in [6, 6.07) is 0. The van der Waals surface area contributed by atoms with Crippen LogP contribution in [0.5, 0.6) is 0 Å². The predicted molar refractivity (Wildman–Crippen MR) is 62.0 cm³/mol. The minimum absolute atomic E-state index is 0.190. The Labute approximate surface area is 89.0 Å². The number of aryl methyl sites for hydroxylation is 1. The van der Waals surface area contributed by atoms with Crippen molar-refractivity contribution in [1.82, 2.24) is 4.98 Å². The third-order valence-corrected chi connectivity index (χ3v) is 4.07. The number of hydrogen-bond acceptors (Lipinski definition) is 3. The molecule has 0 radical (unpaired) electrons. The van der Waals surface area contributed by atoms with Gasteiger partial charge < -0.3 is 0 Å². The topological polar surface area (TPSA) is 12.9 Å². The molecule has 1 aromatic rings. The first-order valence-corrected chi connectivity index (χ1v) is 6.57. The van der Waals surface area contributed by atoms with Crippen LogP contribution in [0.4, 0.5) is 0 Å². The molecule has 1 nitrogen and oxygen atoms in total. The fourth-order valence-electron chi connectivity index (χ4n) is 1.24. The first kappa shape index (κ1) is 11.1. The maximum Gasteiger partial charge on any atom is 0.150 e. The van der Waals surface area contributed by atoms with Crippen LogP contribution in [0, 0.1) is 0 Å². The van der Waals surface area contributed by atoms with Gasteiger partial charge in [0.15, 0.2) is 0 Å². The van der Waals surface area contributed by atoms with Crippen molar-refractivity contribution in [2.24, 2.45) is 0 Å². The van der Waals surface area contributed by atoms with E-state index in [0.29, 0.717) is 0 Å². The number of aromatic nitrogens is 1. The van der Waals surface area contributed by atoms with Gasteiger partial charge >= 0.3 is 0 Å². The highest BCUT2D eigenvalue weighted by molar-refractivity contribution is 8.00. The molecule has 1 rings (SSSR count). The molecule has 0 bridgehead atoms. The lowest BCUT2D eigenvalue weighted by Crippen LogP contribution is -2.13. The zero-order valence-electron chi connectivity index (χ0n) is 8.97. The largest absolute Gasteiger partial charge is 0.234 e. The van der Waals surface area contributed by atoms with Crippen LogP contribution < -0.4 is 0 Å². The first-order chi connectivity index (χ1) is 5.99. The smallest absolute Gasteiger partial charge is 0.150 e. The number of hydrogen-bond donors (Lipinski definition) is 0. The molecule has 0 aliphatic heterocycles. The van der Waals surface area contributed by atoms with Crippen LogP contribution >= 0.6 is 23.1 Å². The monoisotopic (exact) mass is 215 g/mol. The number of thiazole rings is 1. The zero-order valence-corrected chi connectivity index (χ0v) is 10.6. The standard InChI is InChI=1S/C10H17NS2/c1-6-7-8(10(2,3)4)11-9(12-5)13-7/h6H2,1-5H3. The Kier molecular flexibility index (Phi) is 3.41. The van der Waals surface area contributed by atoms with E-state index >= 15 is 0 Å². The van der Waals surface area contributed by atoms with Crippen molar-refractivity contribution in [2.75, 3.05) is 6.26 Å². The van der Waals surface area contributed by atoms with Crippen molar-refractivity contribution in [2.45, 2.75) is 43.9 Å². The van der Waals surface area contributed by atoms with E-state index in [1.54, 1.807) is 11.8 Å². The highest BCUT2D eigenvalue weighted by Gasteiger charge is 2.21. The Hall–Kier alpha value is -0.0200. The number of nitrogens with zero attached hydrogens (tertiary/aromatic N) is 1. The summed E-state index contributed by atoms with van der Waals surface area (Å²) in [7, 11) is 0. The minimum atomic E-state index is 0.190. The third-order valence-electron chi connectivity index (χ3n) is 1.88.